The van der Waals surface area contributed by atoms with E-state index in [0.29, 0.717) is 5.95 Å². The monoisotopic (exact) mass is 295 g/mol. The number of nitrogens with two attached hydrogens (primary N) is 2. The topological polar surface area (TPSA) is 99.1 Å². The van der Waals surface area contributed by atoms with E-state index in [9.17, 15) is 0 Å². The summed E-state index contributed by atoms with van der Waals surface area (Å²) in [6.45, 7) is 0. The number of methoxy groups -OCH3 is 1. The Balaban J connectivity index is 2.10. The van der Waals surface area contributed by atoms with E-state index in [4.69, 9.17) is 16.3 Å². The van der Waals surface area contributed by atoms with Crippen LogP contribution in [-0.2, 0) is 0 Å². The van der Waals surface area contributed by atoms with Gasteiger partial charge in [-0.25, -0.2) is 15.8 Å². The normalized spacial score (nSPS) is 12.1. The predicted octanol–water partition coefficient (Wildman–Crippen LogP) is 1.97. The van der Waals surface area contributed by atoms with Crippen molar-refractivity contribution in [1.29, 1.82) is 0 Å². The van der Waals surface area contributed by atoms with Gasteiger partial charge >= 0.3 is 0 Å². The summed E-state index contributed by atoms with van der Waals surface area (Å²) in [5.41, 5.74) is 11.3. The molecule has 1 atom stereocenters. The highest BCUT2D eigenvalue weighted by Crippen LogP contribution is 2.27. The van der Waals surface area contributed by atoms with Gasteiger partial charge in [-0.3, -0.25) is 5.43 Å². The van der Waals surface area contributed by atoms with Crippen LogP contribution in [0.5, 0.6) is 5.75 Å². The second kappa shape index (κ2) is 5.97. The molecule has 3 aromatic rings. The van der Waals surface area contributed by atoms with E-state index in [1.54, 1.807) is 7.11 Å². The molecular weight excluding hydrogens is 278 g/mol. The Labute approximate surface area is 128 Å². The van der Waals surface area contributed by atoms with Crippen LogP contribution >= 0.6 is 0 Å². The molecule has 112 valence electrons. The summed E-state index contributed by atoms with van der Waals surface area (Å²) in [6.07, 6.45) is 0. The lowest BCUT2D eigenvalue weighted by Crippen LogP contribution is -2.17. The highest BCUT2D eigenvalue weighted by molar-refractivity contribution is 5.82. The molecule has 1 aromatic heterocycles. The van der Waals surface area contributed by atoms with E-state index >= 15 is 0 Å². The molecule has 22 heavy (non-hydrogen) atoms. The van der Waals surface area contributed by atoms with Gasteiger partial charge < -0.3 is 10.5 Å². The molecule has 3 rings (SSSR count). The number of nitrogens with zero attached hydrogens (tertiary/aromatic N) is 2. The highest BCUT2D eigenvalue weighted by atomic mass is 16.5. The molecule has 0 fully saturated rings. The first kappa shape index (κ1) is 14.2. The molecule has 6 nitrogen and oxygen atoms in total. The first-order chi connectivity index (χ1) is 10.7. The molecule has 0 aliphatic heterocycles. The number of hydrazine groups is 1. The lowest BCUT2D eigenvalue weighted by molar-refractivity contribution is 0.414. The summed E-state index contributed by atoms with van der Waals surface area (Å²) in [4.78, 5) is 8.77. The Morgan fingerprint density at radius 2 is 1.77 bits per heavy atom. The molecule has 0 aliphatic carbocycles. The van der Waals surface area contributed by atoms with Crippen molar-refractivity contribution < 1.29 is 4.74 Å². The van der Waals surface area contributed by atoms with E-state index in [1.165, 1.54) is 0 Å². The van der Waals surface area contributed by atoms with Crippen LogP contribution in [0.25, 0.3) is 10.9 Å². The largest absolute Gasteiger partial charge is 0.497 e. The van der Waals surface area contributed by atoms with Crippen LogP contribution in [0.2, 0.25) is 0 Å². The SMILES string of the molecule is COc1ccc(C(N)c2nc(NN)nc3ccccc23)cc1. The van der Waals surface area contributed by atoms with Crippen molar-refractivity contribution >= 4 is 16.9 Å². The van der Waals surface area contributed by atoms with Gasteiger partial charge in [-0.1, -0.05) is 30.3 Å². The Morgan fingerprint density at radius 1 is 1.05 bits per heavy atom. The van der Waals surface area contributed by atoms with Crippen molar-refractivity contribution in [2.45, 2.75) is 6.04 Å². The van der Waals surface area contributed by atoms with Crippen LogP contribution in [0.3, 0.4) is 0 Å². The Hall–Kier alpha value is -2.70. The first-order valence-electron chi connectivity index (χ1n) is 6.85. The summed E-state index contributed by atoms with van der Waals surface area (Å²) >= 11 is 0. The number of aromatic nitrogens is 2. The number of ether oxygens (including phenoxy) is 1. The molecule has 0 amide bonds. The van der Waals surface area contributed by atoms with E-state index in [1.807, 2.05) is 48.5 Å². The van der Waals surface area contributed by atoms with Crippen molar-refractivity contribution in [2.24, 2.45) is 11.6 Å². The molecule has 0 radical (unpaired) electrons. The van der Waals surface area contributed by atoms with Crippen LogP contribution in [0.1, 0.15) is 17.3 Å². The molecule has 6 heteroatoms. The van der Waals surface area contributed by atoms with Crippen LogP contribution in [0.15, 0.2) is 48.5 Å². The number of rotatable bonds is 4. The third-order valence-corrected chi connectivity index (χ3v) is 3.53. The minimum absolute atomic E-state index is 0.345. The fourth-order valence-corrected chi connectivity index (χ4v) is 2.37. The van der Waals surface area contributed by atoms with Gasteiger partial charge in [-0.15, -0.1) is 0 Å². The zero-order valence-electron chi connectivity index (χ0n) is 12.2. The first-order valence-corrected chi connectivity index (χ1v) is 6.85. The molecule has 0 aliphatic rings. The molecule has 1 unspecified atom stereocenters. The van der Waals surface area contributed by atoms with Gasteiger partial charge in [-0.2, -0.15) is 0 Å². The van der Waals surface area contributed by atoms with Crippen molar-refractivity contribution in [3.63, 3.8) is 0 Å². The number of hydrogen-bond donors (Lipinski definition) is 3. The average Bonchev–Trinajstić information content (AvgIpc) is 2.60. The molecule has 0 spiro atoms. The maximum absolute atomic E-state index is 6.40. The Bertz CT molecular complexity index is 788. The number of benzene rings is 2. The summed E-state index contributed by atoms with van der Waals surface area (Å²) in [5, 5.41) is 0.907. The van der Waals surface area contributed by atoms with Gasteiger partial charge in [0.25, 0.3) is 0 Å². The van der Waals surface area contributed by atoms with Crippen LogP contribution in [0.4, 0.5) is 5.95 Å². The van der Waals surface area contributed by atoms with Crippen molar-refractivity contribution in [3.8, 4) is 5.75 Å². The quantitative estimate of drug-likeness (QED) is 0.503. The molecule has 0 saturated heterocycles. The lowest BCUT2D eigenvalue weighted by Gasteiger charge is -2.15. The van der Waals surface area contributed by atoms with E-state index in [0.717, 1.165) is 27.9 Å². The zero-order valence-corrected chi connectivity index (χ0v) is 12.2. The van der Waals surface area contributed by atoms with E-state index < -0.39 is 0 Å². The Kier molecular flexibility index (Phi) is 3.86. The molecular formula is C16H17N5O. The van der Waals surface area contributed by atoms with Gasteiger partial charge in [0.15, 0.2) is 0 Å². The van der Waals surface area contributed by atoms with Gasteiger partial charge in [0.05, 0.1) is 24.4 Å². The molecule has 2 aromatic carbocycles. The third kappa shape index (κ3) is 2.57. The van der Waals surface area contributed by atoms with Gasteiger partial charge in [0.1, 0.15) is 5.75 Å². The number of nitrogen functional groups attached to an aromatic ring is 1. The van der Waals surface area contributed by atoms with Gasteiger partial charge in [0, 0.05) is 5.39 Å². The highest BCUT2D eigenvalue weighted by Gasteiger charge is 2.16. The average molecular weight is 295 g/mol. The van der Waals surface area contributed by atoms with E-state index in [-0.39, 0.29) is 6.04 Å². The van der Waals surface area contributed by atoms with E-state index in [2.05, 4.69) is 15.4 Å². The predicted molar refractivity (Wildman–Crippen MR) is 86.4 cm³/mol. The van der Waals surface area contributed by atoms with Gasteiger partial charge in [-0.05, 0) is 23.8 Å². The number of anilines is 1. The molecule has 0 saturated carbocycles. The van der Waals surface area contributed by atoms with Gasteiger partial charge in [0.2, 0.25) is 5.95 Å². The second-order valence-corrected chi connectivity index (χ2v) is 4.84. The summed E-state index contributed by atoms with van der Waals surface area (Å²) in [6, 6.07) is 14.9. The maximum Gasteiger partial charge on any atom is 0.237 e. The summed E-state index contributed by atoms with van der Waals surface area (Å²) in [7, 11) is 1.63. The number of para-hydroxylation sites is 1. The summed E-state index contributed by atoms with van der Waals surface area (Å²) in [5.74, 6) is 6.58. The number of hydrogen-bond acceptors (Lipinski definition) is 6. The zero-order chi connectivity index (χ0) is 15.5. The summed E-state index contributed by atoms with van der Waals surface area (Å²) < 4.78 is 5.17. The molecule has 0 bridgehead atoms. The number of fused-ring (bicyclic) bond motifs is 1. The standard InChI is InChI=1S/C16H17N5O/c1-22-11-8-6-10(7-9-11)14(17)15-12-4-2-3-5-13(12)19-16(20-15)21-18/h2-9,14H,17-18H2,1H3,(H,19,20,21). The van der Waals surface area contributed by atoms with Crippen LogP contribution in [-0.4, -0.2) is 17.1 Å². The minimum Gasteiger partial charge on any atom is -0.497 e. The smallest absolute Gasteiger partial charge is 0.237 e. The van der Waals surface area contributed by atoms with Crippen molar-refractivity contribution in [2.75, 3.05) is 12.5 Å². The Morgan fingerprint density at radius 3 is 2.45 bits per heavy atom. The fraction of sp³-hybridized carbons (Fsp3) is 0.125. The lowest BCUT2D eigenvalue weighted by atomic mass is 10.0. The third-order valence-electron chi connectivity index (χ3n) is 3.53. The van der Waals surface area contributed by atoms with Crippen LogP contribution < -0.4 is 21.7 Å². The maximum atomic E-state index is 6.40. The van der Waals surface area contributed by atoms with Crippen molar-refractivity contribution in [3.05, 3.63) is 59.8 Å². The fourth-order valence-electron chi connectivity index (χ4n) is 2.37. The molecule has 5 N–H and O–H groups in total. The molecule has 1 heterocycles. The van der Waals surface area contributed by atoms with Crippen LogP contribution in [0, 0.1) is 0 Å². The van der Waals surface area contributed by atoms with Crippen molar-refractivity contribution in [1.82, 2.24) is 9.97 Å². The minimum atomic E-state index is -0.383. The number of nitrogens with one attached hydrogen (secondary N) is 1. The second-order valence-electron chi connectivity index (χ2n) is 4.84.